The van der Waals surface area contributed by atoms with Crippen LogP contribution in [0.2, 0.25) is 0 Å². The first-order valence-electron chi connectivity index (χ1n) is 2.36. The summed E-state index contributed by atoms with van der Waals surface area (Å²) in [6.07, 6.45) is 1.02. The topological polar surface area (TPSA) is 78.2 Å². The van der Waals surface area contributed by atoms with E-state index in [1.807, 2.05) is 6.92 Å². The van der Waals surface area contributed by atoms with E-state index in [1.54, 1.807) is 0 Å². The van der Waals surface area contributed by atoms with E-state index in [-0.39, 0.29) is 11.5 Å². The second-order valence-corrected chi connectivity index (χ2v) is 1.39. The smallest absolute Gasteiger partial charge is 0.303 e. The zero-order valence-electron chi connectivity index (χ0n) is 5.09. The van der Waals surface area contributed by atoms with Crippen molar-refractivity contribution < 1.29 is 14.1 Å². The zero-order chi connectivity index (χ0) is 7.70. The predicted molar refractivity (Wildman–Crippen MR) is 33.4 cm³/mol. The molecule has 0 heterocycles. The van der Waals surface area contributed by atoms with Gasteiger partial charge in [-0.05, 0) is 6.42 Å². The molecule has 0 aliphatic carbocycles. The summed E-state index contributed by atoms with van der Waals surface area (Å²) in [4.78, 5) is 9.60. The fourth-order valence-corrected chi connectivity index (χ4v) is 0.214. The summed E-state index contributed by atoms with van der Waals surface area (Å²) in [6, 6.07) is 0. The number of nitrogens with one attached hydrogen (secondary N) is 1. The molecule has 0 amide bonds. The second kappa shape index (κ2) is 10.3. The van der Waals surface area contributed by atoms with Crippen molar-refractivity contribution in [3.63, 3.8) is 0 Å². The lowest BCUT2D eigenvalue weighted by molar-refractivity contribution is -0.137. The Balaban J connectivity index is 0. The number of carboxylic acid groups (broad SMARTS) is 1. The molecule has 0 atom stereocenters. The summed E-state index contributed by atoms with van der Waals surface area (Å²) in [6.45, 7) is 1.84. The highest BCUT2D eigenvalue weighted by atomic mass is 32.1. The summed E-state index contributed by atoms with van der Waals surface area (Å²) in [7, 11) is 0. The van der Waals surface area contributed by atoms with Crippen LogP contribution in [0.15, 0.2) is 0 Å². The zero-order valence-corrected chi connectivity index (χ0v) is 5.90. The van der Waals surface area contributed by atoms with Crippen molar-refractivity contribution in [2.75, 3.05) is 0 Å². The molecule has 0 bridgehead atoms. The van der Waals surface area contributed by atoms with Gasteiger partial charge in [0.2, 0.25) is 0 Å². The first-order valence-corrected chi connectivity index (χ1v) is 3.10. The van der Waals surface area contributed by atoms with Gasteiger partial charge in [0.05, 0.1) is 0 Å². The molecule has 0 fully saturated rings. The molecule has 0 rings (SSSR count). The average molecular weight is 151 g/mol. The number of aliphatic carboxylic acids is 1. The molecule has 2 N–H and O–H groups in total. The first kappa shape index (κ1) is 11.1. The van der Waals surface area contributed by atoms with Crippen molar-refractivity contribution >= 4 is 17.4 Å². The number of hydrogen-bond acceptors (Lipinski definition) is 3. The maximum absolute atomic E-state index is 9.60. The lowest BCUT2D eigenvalue weighted by Crippen LogP contribution is -1.90. The van der Waals surface area contributed by atoms with Gasteiger partial charge in [-0.2, -0.15) is 4.21 Å². The van der Waals surface area contributed by atoms with E-state index in [1.165, 1.54) is 0 Å². The summed E-state index contributed by atoms with van der Waals surface area (Å²) < 4.78 is 14.1. The Hall–Kier alpha value is -0.710. The van der Waals surface area contributed by atoms with Crippen molar-refractivity contribution in [1.29, 1.82) is 4.78 Å². The van der Waals surface area contributed by atoms with Gasteiger partial charge in [0.1, 0.15) is 0 Å². The van der Waals surface area contributed by atoms with Crippen LogP contribution in [0.25, 0.3) is 0 Å². The standard InChI is InChI=1S/C4H8O2.HNOS/c1-2-3-4(5)6;1-3-2/h2-3H2,1H3,(H,5,6);1H. The number of rotatable bonds is 2. The van der Waals surface area contributed by atoms with Crippen LogP contribution in [0.1, 0.15) is 19.8 Å². The number of hydrogen-bond donors (Lipinski definition) is 2. The van der Waals surface area contributed by atoms with E-state index in [2.05, 4.69) is 0 Å². The lowest BCUT2D eigenvalue weighted by atomic mass is 10.4. The van der Waals surface area contributed by atoms with Crippen LogP contribution in [-0.4, -0.2) is 15.3 Å². The fourth-order valence-electron chi connectivity index (χ4n) is 0.214. The van der Waals surface area contributed by atoms with E-state index < -0.39 is 5.97 Å². The number of carboxylic acids is 1. The quantitative estimate of drug-likeness (QED) is 0.613. The minimum absolute atomic E-state index is 0.250. The Morgan fingerprint density at radius 3 is 2.11 bits per heavy atom. The number of carbonyl (C=O) groups is 1. The summed E-state index contributed by atoms with van der Waals surface area (Å²) in [5.41, 5.74) is 0. The summed E-state index contributed by atoms with van der Waals surface area (Å²) in [5, 5.41) is 7.91. The molecule has 0 aliphatic rings. The molecule has 0 radical (unpaired) electrons. The Bertz CT molecular complexity index is 108. The Morgan fingerprint density at radius 1 is 1.78 bits per heavy atom. The third-order valence-corrected chi connectivity index (χ3v) is 0.464. The van der Waals surface area contributed by atoms with Crippen LogP contribution >= 0.6 is 0 Å². The van der Waals surface area contributed by atoms with Crippen LogP contribution in [0.5, 0.6) is 0 Å². The molecule has 4 nitrogen and oxygen atoms in total. The van der Waals surface area contributed by atoms with Crippen molar-refractivity contribution in [2.24, 2.45) is 0 Å². The highest BCUT2D eigenvalue weighted by molar-refractivity contribution is 7.53. The molecule has 0 unspecified atom stereocenters. The average Bonchev–Trinajstić information content (AvgIpc) is 1.67. The van der Waals surface area contributed by atoms with Crippen molar-refractivity contribution in [1.82, 2.24) is 0 Å². The highest BCUT2D eigenvalue weighted by Gasteiger charge is 1.87. The predicted octanol–water partition coefficient (Wildman–Crippen LogP) is 0.833. The van der Waals surface area contributed by atoms with Gasteiger partial charge >= 0.3 is 5.97 Å². The normalized spacial score (nSPS) is 6.78. The Morgan fingerprint density at radius 2 is 2.11 bits per heavy atom. The van der Waals surface area contributed by atoms with E-state index in [9.17, 15) is 4.79 Å². The maximum atomic E-state index is 9.60. The molecule has 0 aromatic heterocycles. The SMILES string of the molecule is CCCC(=O)O.N=S=O. The van der Waals surface area contributed by atoms with E-state index in [0.717, 1.165) is 6.42 Å². The summed E-state index contributed by atoms with van der Waals surface area (Å²) in [5.74, 6) is -0.711. The van der Waals surface area contributed by atoms with Crippen LogP contribution in [-0.2, 0) is 16.3 Å². The highest BCUT2D eigenvalue weighted by Crippen LogP contribution is 1.82. The van der Waals surface area contributed by atoms with Gasteiger partial charge in [0.25, 0.3) is 0 Å². The minimum Gasteiger partial charge on any atom is -0.481 e. The van der Waals surface area contributed by atoms with E-state index in [0.29, 0.717) is 6.42 Å². The molecule has 0 aromatic carbocycles. The van der Waals surface area contributed by atoms with E-state index >= 15 is 0 Å². The van der Waals surface area contributed by atoms with Gasteiger partial charge < -0.3 is 5.11 Å². The molecular formula is C4H9NO3S. The molecular weight excluding hydrogens is 142 g/mol. The van der Waals surface area contributed by atoms with Crippen LogP contribution in [0.4, 0.5) is 0 Å². The molecule has 9 heavy (non-hydrogen) atoms. The summed E-state index contributed by atoms with van der Waals surface area (Å²) >= 11 is -0.250. The third kappa shape index (κ3) is 38.9. The largest absolute Gasteiger partial charge is 0.481 e. The van der Waals surface area contributed by atoms with Gasteiger partial charge in [0, 0.05) is 6.42 Å². The van der Waals surface area contributed by atoms with Gasteiger partial charge in [0.15, 0.2) is 11.5 Å². The Labute approximate surface area is 56.9 Å². The molecule has 0 spiro atoms. The molecule has 0 saturated heterocycles. The van der Waals surface area contributed by atoms with Crippen molar-refractivity contribution in [2.45, 2.75) is 19.8 Å². The molecule has 0 aromatic rings. The Kier molecular flexibility index (Phi) is 12.8. The van der Waals surface area contributed by atoms with Crippen molar-refractivity contribution in [3.05, 3.63) is 0 Å². The third-order valence-electron chi connectivity index (χ3n) is 0.464. The van der Waals surface area contributed by atoms with Gasteiger partial charge in [-0.3, -0.25) is 4.79 Å². The minimum atomic E-state index is -0.711. The van der Waals surface area contributed by atoms with Crippen LogP contribution < -0.4 is 0 Å². The van der Waals surface area contributed by atoms with Crippen LogP contribution in [0, 0.1) is 4.78 Å². The molecule has 0 saturated carbocycles. The molecule has 0 aliphatic heterocycles. The van der Waals surface area contributed by atoms with Gasteiger partial charge in [-0.25, -0.2) is 4.78 Å². The monoisotopic (exact) mass is 151 g/mol. The first-order chi connectivity index (χ1) is 4.18. The van der Waals surface area contributed by atoms with Gasteiger partial charge in [-0.1, -0.05) is 6.92 Å². The van der Waals surface area contributed by atoms with Crippen LogP contribution in [0.3, 0.4) is 0 Å². The van der Waals surface area contributed by atoms with Gasteiger partial charge in [-0.15, -0.1) is 0 Å². The van der Waals surface area contributed by atoms with Crippen molar-refractivity contribution in [3.8, 4) is 0 Å². The molecule has 5 heteroatoms. The molecule has 54 valence electrons. The fraction of sp³-hybridized carbons (Fsp3) is 0.750. The van der Waals surface area contributed by atoms with E-state index in [4.69, 9.17) is 14.1 Å². The lowest BCUT2D eigenvalue weighted by Gasteiger charge is -1.79. The second-order valence-electron chi connectivity index (χ2n) is 1.23. The maximum Gasteiger partial charge on any atom is 0.303 e.